The molecule has 2 N–H and O–H groups in total. The first-order valence-corrected chi connectivity index (χ1v) is 13.6. The standard InChI is InChI=1S/C24H37N2O7P/c1-2-3-9-17-34(31)33-21(22(27)26-16-10-13-20(26)23(28)29)14-7-8-15-25-24(30)32-18-19-11-5-4-6-12-19/h4-6,11-12,20-21,34H,2-3,7-10,13-18H2,1H3,(H,25,30)(H,28,29)/t20-,21-/m0/s1. The summed E-state index contributed by atoms with van der Waals surface area (Å²) in [6.45, 7) is 2.96. The molecule has 34 heavy (non-hydrogen) atoms. The third kappa shape index (κ3) is 9.85. The van der Waals surface area contributed by atoms with Gasteiger partial charge < -0.3 is 24.6 Å². The minimum Gasteiger partial charge on any atom is -0.480 e. The minimum atomic E-state index is -2.39. The first-order chi connectivity index (χ1) is 16.4. The molecule has 0 bridgehead atoms. The number of benzene rings is 1. The van der Waals surface area contributed by atoms with Gasteiger partial charge in [0, 0.05) is 19.3 Å². The van der Waals surface area contributed by atoms with Crippen molar-refractivity contribution in [2.45, 2.75) is 77.0 Å². The fraction of sp³-hybridized carbons (Fsp3) is 0.625. The Morgan fingerprint density at radius 1 is 1.18 bits per heavy atom. The number of aliphatic carboxylic acids is 1. The molecule has 1 heterocycles. The summed E-state index contributed by atoms with van der Waals surface area (Å²) in [5.74, 6) is -1.44. The molecule has 0 aliphatic carbocycles. The molecule has 190 valence electrons. The molecule has 1 unspecified atom stereocenters. The largest absolute Gasteiger partial charge is 0.480 e. The van der Waals surface area contributed by atoms with Gasteiger partial charge in [0.15, 0.2) is 8.03 Å². The van der Waals surface area contributed by atoms with Gasteiger partial charge >= 0.3 is 12.1 Å². The summed E-state index contributed by atoms with van der Waals surface area (Å²) in [6, 6.07) is 8.51. The lowest BCUT2D eigenvalue weighted by atomic mass is 10.1. The number of carbonyl (C=O) groups is 3. The highest BCUT2D eigenvalue weighted by molar-refractivity contribution is 7.39. The molecule has 1 aromatic carbocycles. The van der Waals surface area contributed by atoms with E-state index in [4.69, 9.17) is 9.26 Å². The normalized spacial score (nSPS) is 17.2. The first kappa shape index (κ1) is 27.9. The van der Waals surface area contributed by atoms with Gasteiger partial charge in [-0.25, -0.2) is 9.59 Å². The van der Waals surface area contributed by atoms with Gasteiger partial charge in [-0.15, -0.1) is 0 Å². The number of carboxylic acids is 1. The molecular weight excluding hydrogens is 459 g/mol. The number of carboxylic acid groups (broad SMARTS) is 1. The van der Waals surface area contributed by atoms with Crippen LogP contribution in [0.1, 0.15) is 63.9 Å². The zero-order valence-electron chi connectivity index (χ0n) is 19.9. The van der Waals surface area contributed by atoms with Gasteiger partial charge in [-0.2, -0.15) is 0 Å². The molecular formula is C24H37N2O7P. The predicted octanol–water partition coefficient (Wildman–Crippen LogP) is 4.21. The number of rotatable bonds is 15. The number of carbonyl (C=O) groups excluding carboxylic acids is 2. The fourth-order valence-electron chi connectivity index (χ4n) is 3.86. The Morgan fingerprint density at radius 2 is 1.94 bits per heavy atom. The smallest absolute Gasteiger partial charge is 0.407 e. The second-order valence-electron chi connectivity index (χ2n) is 8.45. The van der Waals surface area contributed by atoms with Crippen molar-refractivity contribution in [1.82, 2.24) is 10.2 Å². The summed E-state index contributed by atoms with van der Waals surface area (Å²) in [4.78, 5) is 37.7. The topological polar surface area (TPSA) is 122 Å². The molecule has 3 atom stereocenters. The second kappa shape index (κ2) is 15.5. The van der Waals surface area contributed by atoms with Crippen LogP contribution in [0, 0.1) is 0 Å². The lowest BCUT2D eigenvalue weighted by Gasteiger charge is -2.26. The predicted molar refractivity (Wildman–Crippen MR) is 129 cm³/mol. The molecule has 9 nitrogen and oxygen atoms in total. The molecule has 1 fully saturated rings. The van der Waals surface area contributed by atoms with Gasteiger partial charge in [0.1, 0.15) is 18.8 Å². The van der Waals surface area contributed by atoms with Crippen molar-refractivity contribution in [1.29, 1.82) is 0 Å². The average Bonchev–Trinajstić information content (AvgIpc) is 3.32. The van der Waals surface area contributed by atoms with Crippen LogP contribution in [0.25, 0.3) is 0 Å². The number of hydrogen-bond acceptors (Lipinski definition) is 6. The van der Waals surface area contributed by atoms with Crippen molar-refractivity contribution in [2.24, 2.45) is 0 Å². The SMILES string of the molecule is CCCCC[PH](=O)O[C@@H](CCCCNC(=O)OCc1ccccc1)C(=O)N1CCC[C@H]1C(=O)O. The summed E-state index contributed by atoms with van der Waals surface area (Å²) < 4.78 is 23.3. The van der Waals surface area contributed by atoms with Crippen LogP contribution in [0.2, 0.25) is 0 Å². The highest BCUT2D eigenvalue weighted by Crippen LogP contribution is 2.30. The molecule has 1 aliphatic rings. The Bertz CT molecular complexity index is 806. The number of nitrogens with zero attached hydrogens (tertiary/aromatic N) is 1. The molecule has 10 heteroatoms. The van der Waals surface area contributed by atoms with E-state index in [0.717, 1.165) is 24.8 Å². The maximum Gasteiger partial charge on any atom is 0.407 e. The number of nitrogens with one attached hydrogen (secondary N) is 1. The lowest BCUT2D eigenvalue weighted by Crippen LogP contribution is -2.45. The summed E-state index contributed by atoms with van der Waals surface area (Å²) >= 11 is 0. The van der Waals surface area contributed by atoms with E-state index in [9.17, 15) is 24.1 Å². The summed E-state index contributed by atoms with van der Waals surface area (Å²) in [7, 11) is -2.39. The summed E-state index contributed by atoms with van der Waals surface area (Å²) in [5, 5.41) is 12.1. The quantitative estimate of drug-likeness (QED) is 0.275. The Hall–Kier alpha value is -2.38. The van der Waals surface area contributed by atoms with Gasteiger partial charge in [0.25, 0.3) is 5.91 Å². The molecule has 0 spiro atoms. The minimum absolute atomic E-state index is 0.185. The summed E-state index contributed by atoms with van der Waals surface area (Å²) in [5.41, 5.74) is 0.895. The number of alkyl carbamates (subject to hydrolysis) is 1. The number of amides is 2. The van der Waals surface area contributed by atoms with Crippen LogP contribution in [-0.4, -0.2) is 59.4 Å². The van der Waals surface area contributed by atoms with Crippen LogP contribution >= 0.6 is 8.03 Å². The molecule has 0 radical (unpaired) electrons. The number of unbranched alkanes of at least 4 members (excludes halogenated alkanes) is 3. The Kier molecular flexibility index (Phi) is 12.7. The molecule has 1 saturated heterocycles. The number of hydrogen-bond donors (Lipinski definition) is 2. The third-order valence-electron chi connectivity index (χ3n) is 5.73. The van der Waals surface area contributed by atoms with E-state index < -0.39 is 38.1 Å². The highest BCUT2D eigenvalue weighted by atomic mass is 31.1. The first-order valence-electron chi connectivity index (χ1n) is 12.1. The third-order valence-corrected chi connectivity index (χ3v) is 7.04. The Labute approximate surface area is 202 Å². The van der Waals surface area contributed by atoms with Crippen LogP contribution in [0.4, 0.5) is 4.79 Å². The van der Waals surface area contributed by atoms with E-state index in [-0.39, 0.29) is 6.61 Å². The molecule has 1 aromatic rings. The highest BCUT2D eigenvalue weighted by Gasteiger charge is 2.37. The van der Waals surface area contributed by atoms with Crippen molar-refractivity contribution in [3.8, 4) is 0 Å². The van der Waals surface area contributed by atoms with Crippen molar-refractivity contribution in [3.05, 3.63) is 35.9 Å². The van der Waals surface area contributed by atoms with E-state index in [1.807, 2.05) is 30.3 Å². The molecule has 0 aromatic heterocycles. The van der Waals surface area contributed by atoms with Crippen molar-refractivity contribution in [3.63, 3.8) is 0 Å². The van der Waals surface area contributed by atoms with Gasteiger partial charge in [0.2, 0.25) is 0 Å². The summed E-state index contributed by atoms with van der Waals surface area (Å²) in [6.07, 6.45) is 4.14. The van der Waals surface area contributed by atoms with E-state index in [1.54, 1.807) is 0 Å². The molecule has 0 saturated carbocycles. The van der Waals surface area contributed by atoms with Crippen LogP contribution in [-0.2, 0) is 30.0 Å². The van der Waals surface area contributed by atoms with Gasteiger partial charge in [-0.3, -0.25) is 9.36 Å². The Morgan fingerprint density at radius 3 is 2.65 bits per heavy atom. The van der Waals surface area contributed by atoms with Crippen LogP contribution in [0.15, 0.2) is 30.3 Å². The lowest BCUT2D eigenvalue weighted by molar-refractivity contribution is -0.151. The maximum atomic E-state index is 13.0. The van der Waals surface area contributed by atoms with Gasteiger partial charge in [-0.05, 0) is 44.1 Å². The van der Waals surface area contributed by atoms with E-state index >= 15 is 0 Å². The van der Waals surface area contributed by atoms with Crippen molar-refractivity contribution in [2.75, 3.05) is 19.3 Å². The number of likely N-dealkylation sites (tertiary alicyclic amines) is 1. The molecule has 2 amide bonds. The van der Waals surface area contributed by atoms with E-state index in [0.29, 0.717) is 51.4 Å². The maximum absolute atomic E-state index is 13.0. The second-order valence-corrected chi connectivity index (χ2v) is 9.93. The number of ether oxygens (including phenoxy) is 1. The Balaban J connectivity index is 1.79. The van der Waals surface area contributed by atoms with E-state index in [2.05, 4.69) is 12.2 Å². The monoisotopic (exact) mass is 496 g/mol. The van der Waals surface area contributed by atoms with Crippen LogP contribution in [0.5, 0.6) is 0 Å². The fourth-order valence-corrected chi connectivity index (χ4v) is 5.05. The zero-order chi connectivity index (χ0) is 24.8. The molecule has 2 rings (SSSR count). The van der Waals surface area contributed by atoms with Crippen LogP contribution in [0.3, 0.4) is 0 Å². The average molecular weight is 497 g/mol. The molecule has 1 aliphatic heterocycles. The van der Waals surface area contributed by atoms with Crippen LogP contribution < -0.4 is 5.32 Å². The van der Waals surface area contributed by atoms with Gasteiger partial charge in [0.05, 0.1) is 0 Å². The van der Waals surface area contributed by atoms with Crippen molar-refractivity contribution >= 4 is 26.0 Å². The van der Waals surface area contributed by atoms with Crippen molar-refractivity contribution < 1.29 is 33.3 Å². The zero-order valence-corrected chi connectivity index (χ0v) is 20.9. The van der Waals surface area contributed by atoms with E-state index in [1.165, 1.54) is 4.90 Å². The van der Waals surface area contributed by atoms with Gasteiger partial charge in [-0.1, -0.05) is 50.1 Å².